The monoisotopic (exact) mass is 409 g/mol. The molecular weight excluding hydrogens is 382 g/mol. The Labute approximate surface area is 175 Å². The Balaban J connectivity index is 1.46. The molecule has 8 heteroatoms. The molecule has 158 valence electrons. The zero-order valence-corrected chi connectivity index (χ0v) is 17.1. The van der Waals surface area contributed by atoms with E-state index in [1.54, 1.807) is 4.90 Å². The van der Waals surface area contributed by atoms with Crippen LogP contribution in [-0.4, -0.2) is 35.4 Å². The molecule has 1 aromatic carbocycles. The highest BCUT2D eigenvalue weighted by atomic mass is 16.5. The third-order valence-corrected chi connectivity index (χ3v) is 6.22. The molecule has 2 amide bonds. The first-order valence-corrected chi connectivity index (χ1v) is 10.4. The second-order valence-corrected chi connectivity index (χ2v) is 8.10. The number of carbonyl (C=O) groups excluding carboxylic acids is 2. The van der Waals surface area contributed by atoms with E-state index in [4.69, 9.17) is 16.2 Å². The number of fused-ring (bicyclic) bond motifs is 1. The summed E-state index contributed by atoms with van der Waals surface area (Å²) in [6.45, 7) is 0.531. The predicted molar refractivity (Wildman–Crippen MR) is 113 cm³/mol. The second-order valence-electron chi connectivity index (χ2n) is 8.10. The quantitative estimate of drug-likeness (QED) is 0.781. The smallest absolute Gasteiger partial charge is 0.318 e. The van der Waals surface area contributed by atoms with Crippen molar-refractivity contribution < 1.29 is 14.3 Å². The van der Waals surface area contributed by atoms with Crippen LogP contribution in [0, 0.1) is 5.92 Å². The van der Waals surface area contributed by atoms with Crippen molar-refractivity contribution in [3.63, 3.8) is 0 Å². The number of nitrogens with two attached hydrogens (primary N) is 2. The van der Waals surface area contributed by atoms with Crippen LogP contribution in [-0.2, 0) is 11.2 Å². The van der Waals surface area contributed by atoms with Gasteiger partial charge in [0.15, 0.2) is 0 Å². The third kappa shape index (κ3) is 3.94. The highest BCUT2D eigenvalue weighted by molar-refractivity contribution is 6.10. The minimum atomic E-state index is -0.208. The number of hydrogen-bond acceptors (Lipinski definition) is 6. The molecule has 1 fully saturated rings. The Bertz CT molecular complexity index is 952. The molecule has 0 saturated heterocycles. The van der Waals surface area contributed by atoms with Crippen LogP contribution in [0.4, 0.5) is 11.5 Å². The Hall–Kier alpha value is -3.16. The number of nitrogen functional groups attached to an aromatic ring is 1. The van der Waals surface area contributed by atoms with Crippen molar-refractivity contribution in [3.05, 3.63) is 41.1 Å². The largest absolute Gasteiger partial charge is 0.467 e. The normalized spacial score (nSPS) is 21.2. The summed E-state index contributed by atoms with van der Waals surface area (Å²) < 4.78 is 5.05. The maximum absolute atomic E-state index is 13.0. The molecule has 1 aliphatic carbocycles. The van der Waals surface area contributed by atoms with Crippen molar-refractivity contribution >= 4 is 23.3 Å². The molecule has 0 atom stereocenters. The molecule has 8 nitrogen and oxygen atoms in total. The molecule has 4 rings (SSSR count). The van der Waals surface area contributed by atoms with Crippen LogP contribution in [0.5, 0.6) is 6.01 Å². The van der Waals surface area contributed by atoms with Gasteiger partial charge in [-0.25, -0.2) is 0 Å². The Morgan fingerprint density at radius 1 is 1.17 bits per heavy atom. The minimum Gasteiger partial charge on any atom is -0.467 e. The summed E-state index contributed by atoms with van der Waals surface area (Å²) >= 11 is 0. The van der Waals surface area contributed by atoms with Crippen molar-refractivity contribution in [3.8, 4) is 6.01 Å². The number of carbonyl (C=O) groups is 2. The number of benzene rings is 1. The topological polar surface area (TPSA) is 124 Å². The molecular formula is C22H27N5O3. The van der Waals surface area contributed by atoms with Crippen molar-refractivity contribution in [2.45, 2.75) is 44.4 Å². The molecule has 4 N–H and O–H groups in total. The zero-order chi connectivity index (χ0) is 21.3. The summed E-state index contributed by atoms with van der Waals surface area (Å²) in [5.74, 6) is 0.653. The van der Waals surface area contributed by atoms with Gasteiger partial charge in [0, 0.05) is 25.1 Å². The lowest BCUT2D eigenvalue weighted by atomic mass is 9.77. The number of methoxy groups -OCH3 is 1. The number of hydrogen-bond donors (Lipinski definition) is 2. The fourth-order valence-electron chi connectivity index (χ4n) is 4.62. The predicted octanol–water partition coefficient (Wildman–Crippen LogP) is 2.42. The van der Waals surface area contributed by atoms with Crippen molar-refractivity contribution in [1.82, 2.24) is 9.97 Å². The van der Waals surface area contributed by atoms with Crippen LogP contribution >= 0.6 is 0 Å². The SMILES string of the molecule is COc1nc(N)c2c(n1)CCN(c1ccc([C@H]3CC[C@H](CC(N)=O)CC3)cc1)C2=O. The lowest BCUT2D eigenvalue weighted by Crippen LogP contribution is -2.39. The van der Waals surface area contributed by atoms with Gasteiger partial charge in [0.25, 0.3) is 5.91 Å². The summed E-state index contributed by atoms with van der Waals surface area (Å²) in [4.78, 5) is 34.2. The van der Waals surface area contributed by atoms with Crippen molar-refractivity contribution in [2.24, 2.45) is 11.7 Å². The maximum Gasteiger partial charge on any atom is 0.318 e. The van der Waals surface area contributed by atoms with Gasteiger partial charge in [0.05, 0.1) is 12.8 Å². The molecule has 1 saturated carbocycles. The molecule has 0 radical (unpaired) electrons. The first kappa shape index (κ1) is 20.1. The fourth-order valence-corrected chi connectivity index (χ4v) is 4.62. The number of ether oxygens (including phenoxy) is 1. The van der Waals surface area contributed by atoms with E-state index in [0.717, 1.165) is 31.4 Å². The van der Waals surface area contributed by atoms with E-state index in [0.29, 0.717) is 42.5 Å². The van der Waals surface area contributed by atoms with Gasteiger partial charge in [-0.3, -0.25) is 9.59 Å². The molecule has 2 heterocycles. The van der Waals surface area contributed by atoms with Crippen molar-refractivity contribution in [1.29, 1.82) is 0 Å². The highest BCUT2D eigenvalue weighted by Gasteiger charge is 2.30. The average Bonchev–Trinajstić information content (AvgIpc) is 2.74. The van der Waals surface area contributed by atoms with E-state index in [9.17, 15) is 9.59 Å². The molecule has 0 spiro atoms. The van der Waals surface area contributed by atoms with Crippen LogP contribution in [0.15, 0.2) is 24.3 Å². The molecule has 2 aliphatic rings. The summed E-state index contributed by atoms with van der Waals surface area (Å²) in [7, 11) is 1.48. The van der Waals surface area contributed by atoms with Gasteiger partial charge in [-0.15, -0.1) is 0 Å². The molecule has 1 aromatic heterocycles. The Morgan fingerprint density at radius 3 is 2.50 bits per heavy atom. The third-order valence-electron chi connectivity index (χ3n) is 6.22. The molecule has 2 aromatic rings. The summed E-state index contributed by atoms with van der Waals surface area (Å²) in [5.41, 5.74) is 14.4. The van der Waals surface area contributed by atoms with E-state index in [1.807, 2.05) is 12.1 Å². The summed E-state index contributed by atoms with van der Waals surface area (Å²) in [6.07, 6.45) is 5.25. The van der Waals surface area contributed by atoms with Crippen LogP contribution in [0.25, 0.3) is 0 Å². The van der Waals surface area contributed by atoms with Crippen molar-refractivity contribution in [2.75, 3.05) is 24.3 Å². The number of aromatic nitrogens is 2. The summed E-state index contributed by atoms with van der Waals surface area (Å²) in [6, 6.07) is 8.38. The highest BCUT2D eigenvalue weighted by Crippen LogP contribution is 2.38. The van der Waals surface area contributed by atoms with Crippen LogP contribution in [0.1, 0.15) is 59.6 Å². The molecule has 0 bridgehead atoms. The van der Waals surface area contributed by atoms with E-state index in [2.05, 4.69) is 22.1 Å². The van der Waals surface area contributed by atoms with E-state index in [1.165, 1.54) is 12.7 Å². The standard InChI is InChI=1S/C22H27N5O3/c1-30-22-25-17-10-11-27(21(29)19(17)20(24)26-22)16-8-6-15(7-9-16)14-4-2-13(3-5-14)12-18(23)28/h6-9,13-14H,2-5,10-12H2,1H3,(H2,23,28)(H2,24,25,26)/t13-,14-. The number of amides is 2. The fraction of sp³-hybridized carbons (Fsp3) is 0.455. The van der Waals surface area contributed by atoms with Gasteiger partial charge in [-0.05, 0) is 55.2 Å². The van der Waals surface area contributed by atoms with Gasteiger partial charge in [0.1, 0.15) is 11.4 Å². The minimum absolute atomic E-state index is 0.149. The number of rotatable bonds is 5. The second kappa shape index (κ2) is 8.30. The molecule has 1 aliphatic heterocycles. The number of nitrogens with zero attached hydrogens (tertiary/aromatic N) is 3. The van der Waals surface area contributed by atoms with Gasteiger partial charge < -0.3 is 21.1 Å². The first-order valence-electron chi connectivity index (χ1n) is 10.4. The maximum atomic E-state index is 13.0. The van der Waals surface area contributed by atoms with Crippen LogP contribution in [0.3, 0.4) is 0 Å². The van der Waals surface area contributed by atoms with E-state index >= 15 is 0 Å². The van der Waals surface area contributed by atoms with Crippen LogP contribution in [0.2, 0.25) is 0 Å². The Morgan fingerprint density at radius 2 is 1.87 bits per heavy atom. The Kier molecular flexibility index (Phi) is 5.57. The van der Waals surface area contributed by atoms with Gasteiger partial charge >= 0.3 is 6.01 Å². The van der Waals surface area contributed by atoms with Gasteiger partial charge in [-0.2, -0.15) is 9.97 Å². The first-order chi connectivity index (χ1) is 14.5. The molecule has 0 unspecified atom stereocenters. The average molecular weight is 409 g/mol. The number of primary amides is 1. The zero-order valence-electron chi connectivity index (χ0n) is 17.1. The van der Waals surface area contributed by atoms with E-state index < -0.39 is 0 Å². The van der Waals surface area contributed by atoms with E-state index in [-0.39, 0.29) is 23.6 Å². The summed E-state index contributed by atoms with van der Waals surface area (Å²) in [5, 5.41) is 0. The van der Waals surface area contributed by atoms with Gasteiger partial charge in [0.2, 0.25) is 5.91 Å². The van der Waals surface area contributed by atoms with Gasteiger partial charge in [-0.1, -0.05) is 12.1 Å². The lowest BCUT2D eigenvalue weighted by Gasteiger charge is -2.30. The lowest BCUT2D eigenvalue weighted by molar-refractivity contribution is -0.119. The van der Waals surface area contributed by atoms with Crippen LogP contribution < -0.4 is 21.1 Å². The molecule has 30 heavy (non-hydrogen) atoms. The number of anilines is 2.